The predicted octanol–water partition coefficient (Wildman–Crippen LogP) is 3.88. The van der Waals surface area contributed by atoms with Crippen LogP contribution in [0.3, 0.4) is 0 Å². The van der Waals surface area contributed by atoms with Crippen molar-refractivity contribution in [2.45, 2.75) is 12.3 Å². The maximum atomic E-state index is 9.79. The van der Waals surface area contributed by atoms with E-state index < -0.39 is 5.41 Å². The summed E-state index contributed by atoms with van der Waals surface area (Å²) >= 11 is 0. The number of ether oxygens (including phenoxy) is 1. The van der Waals surface area contributed by atoms with E-state index in [-0.39, 0.29) is 11.8 Å². The summed E-state index contributed by atoms with van der Waals surface area (Å²) in [5.41, 5.74) is 0.816. The molecule has 1 aromatic rings. The molecule has 0 heterocycles. The molecule has 2 aliphatic rings. The minimum Gasteiger partial charge on any atom is -0.497 e. The van der Waals surface area contributed by atoms with Crippen molar-refractivity contribution >= 4 is 0 Å². The van der Waals surface area contributed by atoms with Crippen molar-refractivity contribution in [1.29, 1.82) is 10.5 Å². The van der Waals surface area contributed by atoms with Gasteiger partial charge in [-0.3, -0.25) is 0 Å². The van der Waals surface area contributed by atoms with Crippen LogP contribution in [0, 0.1) is 34.0 Å². The minimum atomic E-state index is -1.10. The van der Waals surface area contributed by atoms with E-state index in [1.54, 1.807) is 7.11 Å². The molecule has 108 valence electrons. The van der Waals surface area contributed by atoms with Crippen molar-refractivity contribution in [3.8, 4) is 17.9 Å². The van der Waals surface area contributed by atoms with Crippen molar-refractivity contribution in [3.05, 3.63) is 65.8 Å². The number of methoxy groups -OCH3 is 1. The Hall–Kier alpha value is -2.78. The molecule has 22 heavy (non-hydrogen) atoms. The highest BCUT2D eigenvalue weighted by Gasteiger charge is 2.52. The van der Waals surface area contributed by atoms with Gasteiger partial charge in [-0.1, -0.05) is 42.5 Å². The van der Waals surface area contributed by atoms with Crippen molar-refractivity contribution in [2.75, 3.05) is 7.11 Å². The number of benzene rings is 1. The SMILES string of the molecule is COc1ccc(C2CC3C=CC=CC=C3C2(C#N)C#N)cc1. The highest BCUT2D eigenvalue weighted by Crippen LogP contribution is 2.56. The first-order chi connectivity index (χ1) is 10.7. The van der Waals surface area contributed by atoms with Gasteiger partial charge in [0.25, 0.3) is 0 Å². The molecule has 1 fully saturated rings. The fourth-order valence-electron chi connectivity index (χ4n) is 3.44. The molecule has 2 aliphatic carbocycles. The second-order valence-electron chi connectivity index (χ2n) is 5.59. The molecule has 1 aromatic carbocycles. The molecule has 3 heteroatoms. The lowest BCUT2D eigenvalue weighted by Gasteiger charge is -2.23. The molecule has 0 spiro atoms. The van der Waals surface area contributed by atoms with Gasteiger partial charge in [0.1, 0.15) is 5.75 Å². The van der Waals surface area contributed by atoms with Gasteiger partial charge in [-0.25, -0.2) is 0 Å². The van der Waals surface area contributed by atoms with E-state index in [0.29, 0.717) is 0 Å². The molecule has 3 rings (SSSR count). The molecule has 0 saturated heterocycles. The van der Waals surface area contributed by atoms with Crippen LogP contribution in [-0.4, -0.2) is 7.11 Å². The second kappa shape index (κ2) is 5.54. The Kier molecular flexibility index (Phi) is 3.57. The third kappa shape index (κ3) is 2.03. The van der Waals surface area contributed by atoms with Crippen LogP contribution in [-0.2, 0) is 0 Å². The fraction of sp³-hybridized carbons (Fsp3) is 0.263. The first kappa shape index (κ1) is 14.2. The van der Waals surface area contributed by atoms with E-state index >= 15 is 0 Å². The van der Waals surface area contributed by atoms with E-state index in [0.717, 1.165) is 23.3 Å². The lowest BCUT2D eigenvalue weighted by Crippen LogP contribution is -2.22. The summed E-state index contributed by atoms with van der Waals surface area (Å²) in [7, 11) is 1.62. The molecular weight excluding hydrogens is 272 g/mol. The van der Waals surface area contributed by atoms with Gasteiger partial charge in [0.05, 0.1) is 19.2 Å². The predicted molar refractivity (Wildman–Crippen MR) is 83.9 cm³/mol. The highest BCUT2D eigenvalue weighted by molar-refractivity contribution is 5.50. The summed E-state index contributed by atoms with van der Waals surface area (Å²) in [6.07, 6.45) is 10.6. The first-order valence-corrected chi connectivity index (χ1v) is 7.27. The zero-order chi connectivity index (χ0) is 15.6. The molecule has 0 bridgehead atoms. The zero-order valence-electron chi connectivity index (χ0n) is 12.4. The standard InChI is InChI=1S/C19H16N2O/c1-22-16-9-7-14(8-10-16)18-11-15-5-3-2-4-6-17(15)19(18,12-20)13-21/h2-10,15,18H,11H2,1H3. The maximum absolute atomic E-state index is 9.79. The Bertz CT molecular complexity index is 727. The lowest BCUT2D eigenvalue weighted by molar-refractivity contribution is 0.414. The van der Waals surface area contributed by atoms with Gasteiger partial charge < -0.3 is 4.74 Å². The van der Waals surface area contributed by atoms with Crippen molar-refractivity contribution in [3.63, 3.8) is 0 Å². The molecule has 0 amide bonds. The monoisotopic (exact) mass is 288 g/mol. The molecule has 0 aromatic heterocycles. The van der Waals surface area contributed by atoms with E-state index in [9.17, 15) is 10.5 Å². The Balaban J connectivity index is 2.09. The van der Waals surface area contributed by atoms with Gasteiger partial charge in [0, 0.05) is 11.8 Å². The van der Waals surface area contributed by atoms with Crippen LogP contribution in [0.2, 0.25) is 0 Å². The normalized spacial score (nSPS) is 24.6. The van der Waals surface area contributed by atoms with Crippen molar-refractivity contribution < 1.29 is 4.74 Å². The van der Waals surface area contributed by atoms with Crippen LogP contribution in [0.4, 0.5) is 0 Å². The van der Waals surface area contributed by atoms with Gasteiger partial charge in [0.2, 0.25) is 0 Å². The third-order valence-corrected chi connectivity index (χ3v) is 4.58. The van der Waals surface area contributed by atoms with Gasteiger partial charge in [-0.2, -0.15) is 10.5 Å². The Morgan fingerprint density at radius 3 is 2.45 bits per heavy atom. The number of nitrogens with zero attached hydrogens (tertiary/aromatic N) is 2. The van der Waals surface area contributed by atoms with Crippen LogP contribution < -0.4 is 4.74 Å². The maximum Gasteiger partial charge on any atom is 0.172 e. The summed E-state index contributed by atoms with van der Waals surface area (Å²) in [5.74, 6) is 0.791. The first-order valence-electron chi connectivity index (χ1n) is 7.27. The number of fused-ring (bicyclic) bond motifs is 1. The average Bonchev–Trinajstić information content (AvgIpc) is 2.71. The molecule has 0 radical (unpaired) electrons. The summed E-state index contributed by atoms with van der Waals surface area (Å²) in [6.45, 7) is 0. The Labute approximate surface area is 130 Å². The van der Waals surface area contributed by atoms with Crippen LogP contribution in [0.5, 0.6) is 5.75 Å². The zero-order valence-corrected chi connectivity index (χ0v) is 12.4. The average molecular weight is 288 g/mol. The number of hydrogen-bond acceptors (Lipinski definition) is 3. The summed E-state index contributed by atoms with van der Waals surface area (Å²) in [4.78, 5) is 0. The quantitative estimate of drug-likeness (QED) is 0.829. The molecule has 3 nitrogen and oxygen atoms in total. The largest absolute Gasteiger partial charge is 0.497 e. The number of rotatable bonds is 2. The third-order valence-electron chi connectivity index (χ3n) is 4.58. The summed E-state index contributed by atoms with van der Waals surface area (Å²) in [5, 5.41) is 19.6. The Morgan fingerprint density at radius 2 is 1.82 bits per heavy atom. The molecule has 1 saturated carbocycles. The molecule has 2 unspecified atom stereocenters. The van der Waals surface area contributed by atoms with Gasteiger partial charge >= 0.3 is 0 Å². The van der Waals surface area contributed by atoms with Crippen molar-refractivity contribution in [1.82, 2.24) is 0 Å². The fourth-order valence-corrected chi connectivity index (χ4v) is 3.44. The number of nitriles is 2. The van der Waals surface area contributed by atoms with E-state index in [2.05, 4.69) is 18.2 Å². The summed E-state index contributed by atoms with van der Waals surface area (Å²) < 4.78 is 5.19. The smallest absolute Gasteiger partial charge is 0.172 e. The molecule has 0 aliphatic heterocycles. The molecule has 2 atom stereocenters. The van der Waals surface area contributed by atoms with Crippen LogP contribution in [0.1, 0.15) is 17.9 Å². The molecular formula is C19H16N2O. The van der Waals surface area contributed by atoms with Gasteiger partial charge in [-0.15, -0.1) is 0 Å². The highest BCUT2D eigenvalue weighted by atomic mass is 16.5. The Morgan fingerprint density at radius 1 is 1.09 bits per heavy atom. The minimum absolute atomic E-state index is 0.124. The second-order valence-corrected chi connectivity index (χ2v) is 5.59. The van der Waals surface area contributed by atoms with Crippen LogP contribution in [0.15, 0.2) is 60.2 Å². The molecule has 0 N–H and O–H groups in total. The summed E-state index contributed by atoms with van der Waals surface area (Å²) in [6, 6.07) is 12.3. The van der Waals surface area contributed by atoms with E-state index in [1.807, 2.05) is 48.6 Å². The van der Waals surface area contributed by atoms with Crippen LogP contribution in [0.25, 0.3) is 0 Å². The van der Waals surface area contributed by atoms with Gasteiger partial charge in [0.15, 0.2) is 5.41 Å². The van der Waals surface area contributed by atoms with Crippen LogP contribution >= 0.6 is 0 Å². The van der Waals surface area contributed by atoms with E-state index in [4.69, 9.17) is 4.74 Å². The van der Waals surface area contributed by atoms with Gasteiger partial charge in [-0.05, 0) is 29.7 Å². The number of hydrogen-bond donors (Lipinski definition) is 0. The number of allylic oxidation sites excluding steroid dienone is 6. The topological polar surface area (TPSA) is 56.8 Å². The van der Waals surface area contributed by atoms with Crippen molar-refractivity contribution in [2.24, 2.45) is 11.3 Å². The van der Waals surface area contributed by atoms with E-state index in [1.165, 1.54) is 0 Å². The lowest BCUT2D eigenvalue weighted by atomic mass is 9.74.